The lowest BCUT2D eigenvalue weighted by atomic mass is 10.1. The highest BCUT2D eigenvalue weighted by Gasteiger charge is 2.22. The summed E-state index contributed by atoms with van der Waals surface area (Å²) in [6, 6.07) is 12.3. The van der Waals surface area contributed by atoms with Gasteiger partial charge in [0.2, 0.25) is 0 Å². The van der Waals surface area contributed by atoms with Crippen LogP contribution < -0.4 is 4.90 Å². The summed E-state index contributed by atoms with van der Waals surface area (Å²) in [4.78, 5) is 48.2. The molecule has 0 aliphatic heterocycles. The smallest absolute Gasteiger partial charge is 0.338 e. The second kappa shape index (κ2) is 9.98. The molecular weight excluding hydrogens is 380 g/mol. The zero-order valence-corrected chi connectivity index (χ0v) is 16.0. The van der Waals surface area contributed by atoms with Crippen LogP contribution in [0.4, 0.5) is 11.4 Å². The maximum Gasteiger partial charge on any atom is 0.338 e. The van der Waals surface area contributed by atoms with E-state index in [9.17, 15) is 24.5 Å². The molecule has 0 aliphatic carbocycles. The van der Waals surface area contributed by atoms with Gasteiger partial charge in [-0.15, -0.1) is 0 Å². The van der Waals surface area contributed by atoms with Crippen molar-refractivity contribution in [2.45, 2.75) is 13.8 Å². The second-order valence-corrected chi connectivity index (χ2v) is 5.95. The summed E-state index contributed by atoms with van der Waals surface area (Å²) in [6.07, 6.45) is 0. The monoisotopic (exact) mass is 400 g/mol. The van der Waals surface area contributed by atoms with E-state index in [4.69, 9.17) is 9.47 Å². The SMILES string of the molecule is CCOC(=O)CN(C(=O)COC(=O)c1ccc(C)c([N+](=O)[O-])c1)c1ccccc1. The third kappa shape index (κ3) is 5.86. The number of benzene rings is 2. The molecule has 29 heavy (non-hydrogen) atoms. The highest BCUT2D eigenvalue weighted by Crippen LogP contribution is 2.20. The van der Waals surface area contributed by atoms with E-state index in [2.05, 4.69) is 0 Å². The molecule has 0 fully saturated rings. The predicted molar refractivity (Wildman–Crippen MR) is 104 cm³/mol. The lowest BCUT2D eigenvalue weighted by molar-refractivity contribution is -0.385. The van der Waals surface area contributed by atoms with Crippen molar-refractivity contribution in [3.8, 4) is 0 Å². The summed E-state index contributed by atoms with van der Waals surface area (Å²) in [5.41, 5.74) is 0.561. The van der Waals surface area contributed by atoms with Crippen LogP contribution in [-0.4, -0.2) is 42.5 Å². The van der Waals surface area contributed by atoms with Crippen LogP contribution >= 0.6 is 0 Å². The van der Waals surface area contributed by atoms with Gasteiger partial charge in [-0.1, -0.05) is 24.3 Å². The largest absolute Gasteiger partial charge is 0.465 e. The molecule has 0 N–H and O–H groups in total. The van der Waals surface area contributed by atoms with Crippen molar-refractivity contribution in [1.29, 1.82) is 0 Å². The topological polar surface area (TPSA) is 116 Å². The molecular formula is C20H20N2O7. The van der Waals surface area contributed by atoms with Gasteiger partial charge in [-0.05, 0) is 32.0 Å². The third-order valence-corrected chi connectivity index (χ3v) is 3.93. The molecule has 1 amide bonds. The summed E-state index contributed by atoms with van der Waals surface area (Å²) < 4.78 is 9.88. The van der Waals surface area contributed by atoms with E-state index in [1.54, 1.807) is 44.2 Å². The van der Waals surface area contributed by atoms with Gasteiger partial charge in [-0.3, -0.25) is 24.6 Å². The Bertz CT molecular complexity index is 912. The molecule has 0 saturated heterocycles. The Hall–Kier alpha value is -3.75. The first kappa shape index (κ1) is 21.5. The van der Waals surface area contributed by atoms with Gasteiger partial charge in [0.15, 0.2) is 6.61 Å². The van der Waals surface area contributed by atoms with Gasteiger partial charge < -0.3 is 9.47 Å². The minimum absolute atomic E-state index is 0.0493. The quantitative estimate of drug-likeness (QED) is 0.380. The number of carbonyl (C=O) groups is 3. The number of hydrogen-bond donors (Lipinski definition) is 0. The molecule has 152 valence electrons. The molecule has 0 aliphatic rings. The molecule has 0 radical (unpaired) electrons. The van der Waals surface area contributed by atoms with Crippen molar-refractivity contribution < 1.29 is 28.8 Å². The average Bonchev–Trinajstić information content (AvgIpc) is 2.71. The van der Waals surface area contributed by atoms with E-state index in [0.717, 1.165) is 11.0 Å². The van der Waals surface area contributed by atoms with Gasteiger partial charge in [-0.25, -0.2) is 4.79 Å². The number of nitro benzene ring substituents is 1. The molecule has 0 atom stereocenters. The van der Waals surface area contributed by atoms with E-state index in [1.165, 1.54) is 12.1 Å². The van der Waals surface area contributed by atoms with E-state index < -0.39 is 29.4 Å². The number of aryl methyl sites for hydroxylation is 1. The second-order valence-electron chi connectivity index (χ2n) is 5.95. The van der Waals surface area contributed by atoms with Gasteiger partial charge in [0.1, 0.15) is 6.54 Å². The number of rotatable bonds is 8. The number of hydrogen-bond acceptors (Lipinski definition) is 7. The lowest BCUT2D eigenvalue weighted by Crippen LogP contribution is -2.39. The summed E-state index contributed by atoms with van der Waals surface area (Å²) in [5.74, 6) is -2.13. The first-order valence-corrected chi connectivity index (χ1v) is 8.76. The number of para-hydroxylation sites is 1. The molecule has 2 aromatic rings. The van der Waals surface area contributed by atoms with E-state index in [-0.39, 0.29) is 24.4 Å². The minimum atomic E-state index is -0.884. The number of nitro groups is 1. The van der Waals surface area contributed by atoms with Crippen LogP contribution in [0.2, 0.25) is 0 Å². The van der Waals surface area contributed by atoms with Crippen molar-refractivity contribution in [2.75, 3.05) is 24.7 Å². The molecule has 0 heterocycles. The first-order valence-electron chi connectivity index (χ1n) is 8.76. The van der Waals surface area contributed by atoms with Crippen LogP contribution in [0, 0.1) is 17.0 Å². The Morgan fingerprint density at radius 1 is 1.07 bits per heavy atom. The van der Waals surface area contributed by atoms with Crippen LogP contribution in [0.25, 0.3) is 0 Å². The molecule has 0 aromatic heterocycles. The van der Waals surface area contributed by atoms with Crippen LogP contribution in [-0.2, 0) is 19.1 Å². The Balaban J connectivity index is 2.11. The predicted octanol–water partition coefficient (Wildman–Crippen LogP) is 2.66. The number of esters is 2. The Morgan fingerprint density at radius 3 is 2.38 bits per heavy atom. The summed E-state index contributed by atoms with van der Waals surface area (Å²) in [5, 5.41) is 11.0. The first-order chi connectivity index (χ1) is 13.8. The Morgan fingerprint density at radius 2 is 1.76 bits per heavy atom. The summed E-state index contributed by atoms with van der Waals surface area (Å²) in [6.45, 7) is 2.37. The highest BCUT2D eigenvalue weighted by atomic mass is 16.6. The maximum absolute atomic E-state index is 12.6. The number of carbonyl (C=O) groups excluding carboxylic acids is 3. The third-order valence-electron chi connectivity index (χ3n) is 3.93. The highest BCUT2D eigenvalue weighted by molar-refractivity contribution is 6.00. The fourth-order valence-corrected chi connectivity index (χ4v) is 2.49. The van der Waals surface area contributed by atoms with Crippen molar-refractivity contribution in [3.05, 3.63) is 69.8 Å². The number of nitrogens with zero attached hydrogens (tertiary/aromatic N) is 2. The molecule has 0 spiro atoms. The fraction of sp³-hybridized carbons (Fsp3) is 0.250. The standard InChI is InChI=1S/C20H20N2O7/c1-3-28-19(24)12-21(16-7-5-4-6-8-16)18(23)13-29-20(25)15-10-9-14(2)17(11-15)22(26)27/h4-11H,3,12-13H2,1-2H3. The number of anilines is 1. The Labute approximate surface area is 167 Å². The van der Waals surface area contributed by atoms with Crippen LogP contribution in [0.1, 0.15) is 22.8 Å². The van der Waals surface area contributed by atoms with Gasteiger partial charge >= 0.3 is 11.9 Å². The average molecular weight is 400 g/mol. The fourth-order valence-electron chi connectivity index (χ4n) is 2.49. The zero-order valence-electron chi connectivity index (χ0n) is 16.0. The lowest BCUT2D eigenvalue weighted by Gasteiger charge is -2.21. The number of amides is 1. The molecule has 0 unspecified atom stereocenters. The van der Waals surface area contributed by atoms with Gasteiger partial charge in [0.25, 0.3) is 11.6 Å². The normalized spacial score (nSPS) is 10.1. The van der Waals surface area contributed by atoms with Crippen LogP contribution in [0.5, 0.6) is 0 Å². The Kier molecular flexibility index (Phi) is 7.41. The van der Waals surface area contributed by atoms with Crippen molar-refractivity contribution >= 4 is 29.2 Å². The van der Waals surface area contributed by atoms with Crippen LogP contribution in [0.15, 0.2) is 48.5 Å². The maximum atomic E-state index is 12.6. The van der Waals surface area contributed by atoms with Gasteiger partial charge in [-0.2, -0.15) is 0 Å². The molecule has 2 aromatic carbocycles. The zero-order chi connectivity index (χ0) is 21.4. The minimum Gasteiger partial charge on any atom is -0.465 e. The number of ether oxygens (including phenoxy) is 2. The summed E-state index contributed by atoms with van der Waals surface area (Å²) >= 11 is 0. The molecule has 0 saturated carbocycles. The summed E-state index contributed by atoms with van der Waals surface area (Å²) in [7, 11) is 0. The van der Waals surface area contributed by atoms with Gasteiger partial charge in [0, 0.05) is 17.3 Å². The van der Waals surface area contributed by atoms with E-state index in [0.29, 0.717) is 11.3 Å². The molecule has 9 nitrogen and oxygen atoms in total. The van der Waals surface area contributed by atoms with Crippen molar-refractivity contribution in [2.24, 2.45) is 0 Å². The van der Waals surface area contributed by atoms with E-state index in [1.807, 2.05) is 0 Å². The molecule has 0 bridgehead atoms. The molecule has 2 rings (SSSR count). The van der Waals surface area contributed by atoms with Crippen molar-refractivity contribution in [1.82, 2.24) is 0 Å². The molecule has 9 heteroatoms. The van der Waals surface area contributed by atoms with Gasteiger partial charge in [0.05, 0.1) is 17.1 Å². The van der Waals surface area contributed by atoms with Crippen molar-refractivity contribution in [3.63, 3.8) is 0 Å². The van der Waals surface area contributed by atoms with Crippen LogP contribution in [0.3, 0.4) is 0 Å². The van der Waals surface area contributed by atoms with E-state index >= 15 is 0 Å².